The highest BCUT2D eigenvalue weighted by Gasteiger charge is 2.23. The molecule has 1 amide bonds. The Morgan fingerprint density at radius 2 is 1.69 bits per heavy atom. The number of nitrogens with one attached hydrogen (secondary N) is 1. The number of carbonyl (C=O) groups excluding carboxylic acids is 1. The number of carbonyl (C=O) groups is 2. The smallest absolute Gasteiger partial charge is 0.354 e. The fourth-order valence-corrected chi connectivity index (χ4v) is 2.91. The summed E-state index contributed by atoms with van der Waals surface area (Å²) in [5.74, 6) is -0.850. The predicted molar refractivity (Wildman–Crippen MR) is 100 cm³/mol. The first-order valence-corrected chi connectivity index (χ1v) is 9.06. The molecule has 0 bridgehead atoms. The lowest BCUT2D eigenvalue weighted by Gasteiger charge is -2.21. The van der Waals surface area contributed by atoms with Crippen molar-refractivity contribution < 1.29 is 14.7 Å². The number of benzene rings is 1. The lowest BCUT2D eigenvalue weighted by Crippen LogP contribution is -2.35. The van der Waals surface area contributed by atoms with Gasteiger partial charge in [0.05, 0.1) is 6.04 Å². The maximum absolute atomic E-state index is 12.6. The van der Waals surface area contributed by atoms with E-state index in [4.69, 9.17) is 0 Å². The number of aromatic carboxylic acids is 1. The van der Waals surface area contributed by atoms with Gasteiger partial charge in [0.15, 0.2) is 0 Å². The van der Waals surface area contributed by atoms with Crippen molar-refractivity contribution in [3.8, 4) is 0 Å². The van der Waals surface area contributed by atoms with Gasteiger partial charge >= 0.3 is 5.97 Å². The van der Waals surface area contributed by atoms with E-state index < -0.39 is 12.0 Å². The summed E-state index contributed by atoms with van der Waals surface area (Å²) in [6, 6.07) is 8.88. The third-order valence-electron chi connectivity index (χ3n) is 4.88. The van der Waals surface area contributed by atoms with Crippen molar-refractivity contribution in [1.82, 2.24) is 15.1 Å². The van der Waals surface area contributed by atoms with E-state index in [2.05, 4.69) is 48.5 Å². The van der Waals surface area contributed by atoms with E-state index in [1.165, 1.54) is 22.5 Å². The average molecular weight is 357 g/mol. The van der Waals surface area contributed by atoms with Gasteiger partial charge in [-0.15, -0.1) is 0 Å². The van der Waals surface area contributed by atoms with Crippen LogP contribution in [0.5, 0.6) is 0 Å². The van der Waals surface area contributed by atoms with Crippen LogP contribution in [0, 0.1) is 0 Å². The molecule has 3 unspecified atom stereocenters. The summed E-state index contributed by atoms with van der Waals surface area (Å²) in [7, 11) is 0. The van der Waals surface area contributed by atoms with Gasteiger partial charge in [0.25, 0.3) is 0 Å². The first kappa shape index (κ1) is 19.7. The molecule has 2 aromatic rings. The van der Waals surface area contributed by atoms with E-state index in [9.17, 15) is 14.7 Å². The normalized spacial score (nSPS) is 14.5. The van der Waals surface area contributed by atoms with Crippen molar-refractivity contribution in [3.05, 3.63) is 53.3 Å². The quantitative estimate of drug-likeness (QED) is 0.750. The van der Waals surface area contributed by atoms with Crippen molar-refractivity contribution in [3.63, 3.8) is 0 Å². The molecule has 6 heteroatoms. The number of rotatable bonds is 8. The second-order valence-electron chi connectivity index (χ2n) is 6.59. The summed E-state index contributed by atoms with van der Waals surface area (Å²) in [6.07, 6.45) is 3.21. The fourth-order valence-electron chi connectivity index (χ4n) is 2.91. The zero-order valence-corrected chi connectivity index (χ0v) is 15.8. The molecule has 3 atom stereocenters. The molecule has 0 saturated heterocycles. The molecule has 0 aliphatic heterocycles. The Bertz CT molecular complexity index is 752. The average Bonchev–Trinajstić information content (AvgIpc) is 3.14. The molecule has 1 aromatic carbocycles. The summed E-state index contributed by atoms with van der Waals surface area (Å²) < 4.78 is 1.23. The third kappa shape index (κ3) is 4.31. The second-order valence-corrected chi connectivity index (χ2v) is 6.59. The van der Waals surface area contributed by atoms with Crippen molar-refractivity contribution in [2.75, 3.05) is 0 Å². The van der Waals surface area contributed by atoms with Gasteiger partial charge in [-0.2, -0.15) is 5.10 Å². The monoisotopic (exact) mass is 357 g/mol. The third-order valence-corrected chi connectivity index (χ3v) is 4.88. The van der Waals surface area contributed by atoms with Crippen molar-refractivity contribution >= 4 is 11.9 Å². The first-order chi connectivity index (χ1) is 12.4. The van der Waals surface area contributed by atoms with Gasteiger partial charge in [0, 0.05) is 6.20 Å². The molecule has 0 spiro atoms. The number of amides is 1. The fraction of sp³-hybridized carbons (Fsp3) is 0.450. The van der Waals surface area contributed by atoms with Crippen LogP contribution in [-0.2, 0) is 4.79 Å². The van der Waals surface area contributed by atoms with Crippen LogP contribution >= 0.6 is 0 Å². The summed E-state index contributed by atoms with van der Waals surface area (Å²) in [6.45, 7) is 8.01. The Balaban J connectivity index is 2.12. The number of nitrogens with zero attached hydrogens (tertiary/aromatic N) is 2. The van der Waals surface area contributed by atoms with Crippen LogP contribution in [0.2, 0.25) is 0 Å². The Kier molecular flexibility index (Phi) is 6.55. The van der Waals surface area contributed by atoms with Gasteiger partial charge < -0.3 is 10.4 Å². The van der Waals surface area contributed by atoms with Gasteiger partial charge in [-0.1, -0.05) is 45.0 Å². The van der Waals surface area contributed by atoms with E-state index in [0.29, 0.717) is 5.92 Å². The molecule has 2 N–H and O–H groups in total. The summed E-state index contributed by atoms with van der Waals surface area (Å²) in [5.41, 5.74) is 2.33. The van der Waals surface area contributed by atoms with Crippen LogP contribution in [-0.4, -0.2) is 26.8 Å². The van der Waals surface area contributed by atoms with E-state index in [0.717, 1.165) is 18.4 Å². The number of carboxylic acid groups (broad SMARTS) is 1. The van der Waals surface area contributed by atoms with Crippen LogP contribution in [0.15, 0.2) is 36.5 Å². The molecule has 1 aromatic heterocycles. The molecule has 26 heavy (non-hydrogen) atoms. The zero-order chi connectivity index (χ0) is 19.3. The van der Waals surface area contributed by atoms with Crippen LogP contribution < -0.4 is 5.32 Å². The topological polar surface area (TPSA) is 84.2 Å². The number of carboxylic acids is 1. The van der Waals surface area contributed by atoms with Crippen molar-refractivity contribution in [2.24, 2.45) is 0 Å². The summed E-state index contributed by atoms with van der Waals surface area (Å²) in [5, 5.41) is 16.2. The highest BCUT2D eigenvalue weighted by Crippen LogP contribution is 2.23. The minimum atomic E-state index is -1.10. The van der Waals surface area contributed by atoms with Crippen molar-refractivity contribution in [2.45, 2.75) is 58.5 Å². The molecular formula is C20H27N3O3. The molecule has 0 fully saturated rings. The molecule has 0 aliphatic rings. The molecule has 0 radical (unpaired) electrons. The summed E-state index contributed by atoms with van der Waals surface area (Å²) in [4.78, 5) is 23.8. The van der Waals surface area contributed by atoms with E-state index in [-0.39, 0.29) is 17.6 Å². The molecule has 140 valence electrons. The minimum Gasteiger partial charge on any atom is -0.477 e. The van der Waals surface area contributed by atoms with Gasteiger partial charge in [0.1, 0.15) is 11.7 Å². The zero-order valence-electron chi connectivity index (χ0n) is 15.8. The highest BCUT2D eigenvalue weighted by molar-refractivity contribution is 5.87. The molecule has 0 saturated carbocycles. The molecular weight excluding hydrogens is 330 g/mol. The lowest BCUT2D eigenvalue weighted by molar-refractivity contribution is -0.125. The number of hydrogen-bond acceptors (Lipinski definition) is 3. The van der Waals surface area contributed by atoms with E-state index in [1.807, 2.05) is 6.92 Å². The van der Waals surface area contributed by atoms with Crippen LogP contribution in [0.4, 0.5) is 0 Å². The Morgan fingerprint density at radius 1 is 1.08 bits per heavy atom. The second kappa shape index (κ2) is 8.65. The molecule has 2 rings (SSSR count). The maximum atomic E-state index is 12.6. The van der Waals surface area contributed by atoms with Crippen molar-refractivity contribution in [1.29, 1.82) is 0 Å². The molecule has 1 heterocycles. The molecule has 6 nitrogen and oxygen atoms in total. The Labute approximate surface area is 154 Å². The predicted octanol–water partition coefficient (Wildman–Crippen LogP) is 3.92. The van der Waals surface area contributed by atoms with Gasteiger partial charge in [0.2, 0.25) is 5.91 Å². The van der Waals surface area contributed by atoms with Gasteiger partial charge in [-0.25, -0.2) is 9.48 Å². The molecule has 0 aliphatic carbocycles. The maximum Gasteiger partial charge on any atom is 0.354 e. The number of aromatic nitrogens is 2. The number of hydrogen-bond donors (Lipinski definition) is 2. The van der Waals surface area contributed by atoms with E-state index >= 15 is 0 Å². The Morgan fingerprint density at radius 3 is 2.23 bits per heavy atom. The highest BCUT2D eigenvalue weighted by atomic mass is 16.4. The lowest BCUT2D eigenvalue weighted by atomic mass is 9.95. The van der Waals surface area contributed by atoms with Crippen LogP contribution in [0.1, 0.15) is 80.2 Å². The Hall–Kier alpha value is -2.63. The van der Waals surface area contributed by atoms with Crippen LogP contribution in [0.25, 0.3) is 0 Å². The van der Waals surface area contributed by atoms with Gasteiger partial charge in [-0.05, 0) is 42.9 Å². The minimum absolute atomic E-state index is 0.00129. The SMILES string of the molecule is CCC(C)c1ccc(C(CC)NC(=O)C(C)n2nccc2C(=O)O)cc1. The largest absolute Gasteiger partial charge is 0.477 e. The van der Waals surface area contributed by atoms with E-state index in [1.54, 1.807) is 6.92 Å². The van der Waals surface area contributed by atoms with Crippen LogP contribution in [0.3, 0.4) is 0 Å². The first-order valence-electron chi connectivity index (χ1n) is 9.06. The van der Waals surface area contributed by atoms with Gasteiger partial charge in [-0.3, -0.25) is 4.79 Å². The summed E-state index contributed by atoms with van der Waals surface area (Å²) >= 11 is 0. The standard InChI is InChI=1S/C20H27N3O3/c1-5-13(3)15-7-9-16(10-8-15)17(6-2)22-19(24)14(4)23-18(20(25)26)11-12-21-23/h7-14,17H,5-6H2,1-4H3,(H,22,24)(H,25,26).